The van der Waals surface area contributed by atoms with Crippen molar-refractivity contribution < 1.29 is 21.1 Å². The Balaban J connectivity index is 0.000000629. The molecule has 0 bridgehead atoms. The SMILES string of the molecule is C=CCC[CH2-].C=CC[CH2-].[Pt+2].c1ccc(P(CCP(c2ccccc2)c2ccccc2)c2ccccc2)cc1. The molecule has 4 rings (SSSR count). The molecular weight excluding hydrogens is 677 g/mol. The molecule has 0 aliphatic rings. The van der Waals surface area contributed by atoms with Crippen LogP contribution in [0.2, 0.25) is 0 Å². The Labute approximate surface area is 249 Å². The molecule has 0 aliphatic carbocycles. The minimum absolute atomic E-state index is 0. The molecule has 0 saturated carbocycles. The number of hydrogen-bond donors (Lipinski definition) is 0. The first-order valence-electron chi connectivity index (χ1n) is 12.8. The van der Waals surface area contributed by atoms with Gasteiger partial charge in [-0.25, -0.2) is 0 Å². The number of unbranched alkanes of at least 4 members (excludes halogenated alkanes) is 1. The normalized spacial score (nSPS) is 9.79. The van der Waals surface area contributed by atoms with Crippen LogP contribution >= 0.6 is 15.8 Å². The second-order valence-corrected chi connectivity index (χ2v) is 12.8. The van der Waals surface area contributed by atoms with Gasteiger partial charge < -0.3 is 13.8 Å². The van der Waals surface area contributed by atoms with Gasteiger partial charge in [-0.05, 0) is 49.4 Å². The van der Waals surface area contributed by atoms with Crippen molar-refractivity contribution in [2.75, 3.05) is 12.3 Å². The minimum atomic E-state index is -0.348. The summed E-state index contributed by atoms with van der Waals surface area (Å²) in [4.78, 5) is 0. The van der Waals surface area contributed by atoms with Crippen LogP contribution in [0.15, 0.2) is 147 Å². The van der Waals surface area contributed by atoms with E-state index >= 15 is 0 Å². The van der Waals surface area contributed by atoms with Gasteiger partial charge in [-0.2, -0.15) is 12.8 Å². The van der Waals surface area contributed by atoms with Crippen LogP contribution in [0.25, 0.3) is 0 Å². The number of rotatable bonds is 10. The third-order valence-electron chi connectivity index (χ3n) is 5.43. The summed E-state index contributed by atoms with van der Waals surface area (Å²) in [6, 6.07) is 44.2. The van der Waals surface area contributed by atoms with Crippen molar-refractivity contribution in [1.82, 2.24) is 0 Å². The average molecular weight is 718 g/mol. The third-order valence-corrected chi connectivity index (χ3v) is 10.8. The zero-order chi connectivity index (χ0) is 26.6. The van der Waals surface area contributed by atoms with Gasteiger partial charge >= 0.3 is 21.1 Å². The van der Waals surface area contributed by atoms with Crippen LogP contribution in [0.3, 0.4) is 0 Å². The van der Waals surface area contributed by atoms with Gasteiger partial charge in [-0.15, -0.1) is 19.2 Å². The Kier molecular flexibility index (Phi) is 19.5. The Hall–Kier alpha value is -2.09. The first-order valence-corrected chi connectivity index (χ1v) is 15.9. The van der Waals surface area contributed by atoms with Crippen molar-refractivity contribution in [1.29, 1.82) is 0 Å². The van der Waals surface area contributed by atoms with Crippen LogP contribution in [0.4, 0.5) is 0 Å². The Morgan fingerprint density at radius 2 is 0.763 bits per heavy atom. The molecule has 0 spiro atoms. The fraction of sp³-hybridized carbons (Fsp3) is 0.143. The summed E-state index contributed by atoms with van der Waals surface area (Å²) in [5, 5.41) is 5.89. The molecule has 0 aromatic heterocycles. The molecule has 0 saturated heterocycles. The Morgan fingerprint density at radius 1 is 0.500 bits per heavy atom. The summed E-state index contributed by atoms with van der Waals surface area (Å²) >= 11 is 0. The predicted molar refractivity (Wildman–Crippen MR) is 173 cm³/mol. The van der Waals surface area contributed by atoms with Crippen molar-refractivity contribution in [3.05, 3.63) is 160 Å². The van der Waals surface area contributed by atoms with Crippen molar-refractivity contribution in [2.24, 2.45) is 0 Å². The molecule has 4 aromatic rings. The van der Waals surface area contributed by atoms with Crippen LogP contribution in [0, 0.1) is 13.8 Å². The van der Waals surface area contributed by atoms with E-state index < -0.39 is 0 Å². The molecule has 3 heteroatoms. The summed E-state index contributed by atoms with van der Waals surface area (Å²) in [5.74, 6) is 0. The fourth-order valence-electron chi connectivity index (χ4n) is 3.59. The summed E-state index contributed by atoms with van der Waals surface area (Å²) < 4.78 is 0. The molecule has 0 fully saturated rings. The minimum Gasteiger partial charge on any atom is -0.343 e. The molecular formula is C35H40P2Pt. The average Bonchev–Trinajstić information content (AvgIpc) is 2.98. The van der Waals surface area contributed by atoms with Crippen molar-refractivity contribution in [3.8, 4) is 0 Å². The van der Waals surface area contributed by atoms with Crippen molar-refractivity contribution in [3.63, 3.8) is 0 Å². The zero-order valence-corrected chi connectivity index (χ0v) is 26.3. The smallest absolute Gasteiger partial charge is 0.343 e. The maximum atomic E-state index is 3.60. The van der Waals surface area contributed by atoms with Gasteiger partial charge in [0.05, 0.1) is 0 Å². The summed E-state index contributed by atoms with van der Waals surface area (Å²) in [7, 11) is -0.696. The maximum absolute atomic E-state index is 3.60. The Bertz CT molecular complexity index is 938. The molecule has 0 unspecified atom stereocenters. The van der Waals surface area contributed by atoms with Crippen LogP contribution in [0.5, 0.6) is 0 Å². The molecule has 0 nitrogen and oxygen atoms in total. The molecule has 0 atom stereocenters. The molecule has 0 N–H and O–H groups in total. The molecule has 0 radical (unpaired) electrons. The van der Waals surface area contributed by atoms with E-state index in [0.717, 1.165) is 19.3 Å². The zero-order valence-electron chi connectivity index (χ0n) is 22.3. The molecule has 0 amide bonds. The van der Waals surface area contributed by atoms with Gasteiger partial charge in [0.2, 0.25) is 0 Å². The van der Waals surface area contributed by atoms with Gasteiger partial charge in [-0.1, -0.05) is 134 Å². The van der Waals surface area contributed by atoms with E-state index in [2.05, 4.69) is 148 Å². The molecule has 0 heterocycles. The van der Waals surface area contributed by atoms with E-state index in [1.54, 1.807) is 6.08 Å². The van der Waals surface area contributed by atoms with Crippen molar-refractivity contribution in [2.45, 2.75) is 19.3 Å². The second-order valence-electron chi connectivity index (χ2n) is 8.15. The molecule has 4 aromatic carbocycles. The van der Waals surface area contributed by atoms with Crippen molar-refractivity contribution >= 4 is 37.1 Å². The monoisotopic (exact) mass is 717 g/mol. The standard InChI is InChI=1S/C26H24P2.C5H9.C4H7.Pt/c1-5-13-23(14-6-1)27(24-15-7-2-8-16-24)21-22-28(25-17-9-3-10-18-25)26-19-11-4-12-20-26;1-3-5-4-2;1-3-4-2;/h1-20H,21-22H2;3H,1-2,4-5H2;3H,1-2,4H2;/q;2*-1;+2. The number of benzene rings is 4. The number of allylic oxidation sites excluding steroid dienone is 2. The first kappa shape index (κ1) is 33.9. The molecule has 200 valence electrons. The summed E-state index contributed by atoms with van der Waals surface area (Å²) in [6.45, 7) is 14.0. The second kappa shape index (κ2) is 21.8. The van der Waals surface area contributed by atoms with E-state index in [4.69, 9.17) is 0 Å². The summed E-state index contributed by atoms with van der Waals surface area (Å²) in [6.07, 6.45) is 8.90. The van der Waals surface area contributed by atoms with E-state index in [9.17, 15) is 0 Å². The van der Waals surface area contributed by atoms with Gasteiger partial charge in [-0.3, -0.25) is 0 Å². The topological polar surface area (TPSA) is 0 Å². The quantitative estimate of drug-likeness (QED) is 0.0879. The fourth-order valence-corrected chi connectivity index (χ4v) is 8.95. The first-order chi connectivity index (χ1) is 18.2. The van der Waals surface area contributed by atoms with Gasteiger partial charge in [0, 0.05) is 0 Å². The van der Waals surface area contributed by atoms with Crippen LogP contribution in [-0.4, -0.2) is 12.3 Å². The van der Waals surface area contributed by atoms with E-state index in [0.29, 0.717) is 0 Å². The Morgan fingerprint density at radius 3 is 0.921 bits per heavy atom. The molecule has 0 aliphatic heterocycles. The van der Waals surface area contributed by atoms with Gasteiger partial charge in [0.1, 0.15) is 0 Å². The third kappa shape index (κ3) is 12.6. The van der Waals surface area contributed by atoms with E-state index in [1.807, 2.05) is 6.08 Å². The molecule has 38 heavy (non-hydrogen) atoms. The maximum Gasteiger partial charge on any atom is 2.00 e. The summed E-state index contributed by atoms with van der Waals surface area (Å²) in [5.41, 5.74) is 0. The van der Waals surface area contributed by atoms with Crippen LogP contribution in [0.1, 0.15) is 19.3 Å². The van der Waals surface area contributed by atoms with Crippen LogP contribution in [-0.2, 0) is 21.1 Å². The predicted octanol–water partition coefficient (Wildman–Crippen LogP) is 8.43. The van der Waals surface area contributed by atoms with Crippen LogP contribution < -0.4 is 21.2 Å². The van der Waals surface area contributed by atoms with Gasteiger partial charge in [0.25, 0.3) is 0 Å². The van der Waals surface area contributed by atoms with Gasteiger partial charge in [0.15, 0.2) is 0 Å². The largest absolute Gasteiger partial charge is 2.00 e. The van der Waals surface area contributed by atoms with E-state index in [1.165, 1.54) is 33.5 Å². The van der Waals surface area contributed by atoms with E-state index in [-0.39, 0.29) is 36.9 Å². The number of hydrogen-bond acceptors (Lipinski definition) is 0.